The van der Waals surface area contributed by atoms with E-state index in [0.29, 0.717) is 0 Å². The van der Waals surface area contributed by atoms with Gasteiger partial charge in [0.05, 0.1) is 5.56 Å². The second-order valence-electron chi connectivity index (χ2n) is 5.49. The van der Waals surface area contributed by atoms with Gasteiger partial charge in [0, 0.05) is 4.90 Å². The van der Waals surface area contributed by atoms with Crippen LogP contribution in [0.15, 0.2) is 29.2 Å². The van der Waals surface area contributed by atoms with Gasteiger partial charge in [0.25, 0.3) is 5.12 Å². The van der Waals surface area contributed by atoms with E-state index in [0.717, 1.165) is 12.1 Å². The Kier molecular flexibility index (Phi) is 5.63. The fraction of sp³-hybridized carbons (Fsp3) is 0.385. The van der Waals surface area contributed by atoms with Crippen molar-refractivity contribution in [1.82, 2.24) is 0 Å². The minimum atomic E-state index is -5.95. The number of hydrogen-bond donors (Lipinski definition) is 0. The third kappa shape index (κ3) is 5.31. The zero-order valence-electron chi connectivity index (χ0n) is 12.3. The first-order valence-electron chi connectivity index (χ1n) is 6.24. The molecule has 0 N–H and O–H groups in total. The van der Waals surface area contributed by atoms with Gasteiger partial charge < -0.3 is 4.43 Å². The Labute approximate surface area is 134 Å². The van der Waals surface area contributed by atoms with Gasteiger partial charge in [-0.25, -0.2) is 4.79 Å². The highest BCUT2D eigenvalue weighted by Crippen LogP contribution is 2.40. The summed E-state index contributed by atoms with van der Waals surface area (Å²) >= 11 is -0.241. The third-order valence-corrected chi connectivity index (χ3v) is 4.06. The first-order chi connectivity index (χ1) is 10.2. The van der Waals surface area contributed by atoms with Gasteiger partial charge in [-0.05, 0) is 55.7 Å². The number of halogens is 5. The Morgan fingerprint density at radius 1 is 1.00 bits per heavy atom. The van der Waals surface area contributed by atoms with Crippen LogP contribution >= 0.6 is 11.8 Å². The molecule has 0 saturated carbocycles. The number of benzene rings is 1. The maximum Gasteiger partial charge on any atom is 0.462 e. The topological polar surface area (TPSA) is 43.4 Å². The molecule has 128 valence electrons. The van der Waals surface area contributed by atoms with Crippen molar-refractivity contribution in [2.24, 2.45) is 0 Å². The van der Waals surface area contributed by atoms with Crippen molar-refractivity contribution in [3.8, 4) is 0 Å². The molecule has 1 aromatic carbocycles. The molecule has 0 bridgehead atoms. The van der Waals surface area contributed by atoms with Crippen molar-refractivity contribution >= 4 is 31.2 Å². The molecule has 0 saturated heterocycles. The van der Waals surface area contributed by atoms with Crippen LogP contribution < -0.4 is 0 Å². The van der Waals surface area contributed by atoms with Gasteiger partial charge in [0.2, 0.25) is 8.32 Å². The van der Waals surface area contributed by atoms with E-state index >= 15 is 0 Å². The van der Waals surface area contributed by atoms with E-state index in [1.54, 1.807) is 19.6 Å². The summed E-state index contributed by atoms with van der Waals surface area (Å²) in [4.78, 5) is 22.7. The Morgan fingerprint density at radius 2 is 1.48 bits per heavy atom. The summed E-state index contributed by atoms with van der Waals surface area (Å²) in [6, 6.07) is 4.61. The zero-order chi connectivity index (χ0) is 18.1. The van der Waals surface area contributed by atoms with Crippen molar-refractivity contribution in [3.63, 3.8) is 0 Å². The molecule has 0 atom stereocenters. The highest BCUT2D eigenvalue weighted by molar-refractivity contribution is 8.13. The summed E-state index contributed by atoms with van der Waals surface area (Å²) in [6.07, 6.45) is -5.95. The predicted octanol–water partition coefficient (Wildman–Crippen LogP) is 4.49. The molecule has 1 aromatic rings. The maximum absolute atomic E-state index is 12.8. The van der Waals surface area contributed by atoms with Gasteiger partial charge in [-0.3, -0.25) is 4.79 Å². The minimum absolute atomic E-state index is 0.117. The van der Waals surface area contributed by atoms with Crippen LogP contribution in [0.1, 0.15) is 10.4 Å². The average Bonchev–Trinajstić information content (AvgIpc) is 2.36. The lowest BCUT2D eigenvalue weighted by Crippen LogP contribution is -2.42. The van der Waals surface area contributed by atoms with E-state index in [4.69, 9.17) is 4.43 Å². The minimum Gasteiger partial charge on any atom is -0.516 e. The molecule has 23 heavy (non-hydrogen) atoms. The van der Waals surface area contributed by atoms with Crippen LogP contribution in [0.4, 0.5) is 22.0 Å². The molecular formula is C13H13F5O3SSi. The molecule has 0 fully saturated rings. The Morgan fingerprint density at radius 3 is 1.87 bits per heavy atom. The standard InChI is InChI=1S/C13H13F5O3SSi/c1-23(2,3)21-10(19)8-4-6-9(7-5-8)22-11(20)12(14,15)13(16,17)18/h4-7H,1-3H3. The van der Waals surface area contributed by atoms with E-state index in [1.807, 2.05) is 0 Å². The van der Waals surface area contributed by atoms with E-state index in [2.05, 4.69) is 0 Å². The first kappa shape index (κ1) is 19.6. The lowest BCUT2D eigenvalue weighted by molar-refractivity contribution is -0.264. The number of thioether (sulfide) groups is 1. The van der Waals surface area contributed by atoms with Crippen molar-refractivity contribution in [1.29, 1.82) is 0 Å². The molecule has 0 radical (unpaired) electrons. The molecule has 0 aliphatic rings. The fourth-order valence-electron chi connectivity index (χ4n) is 1.28. The Hall–Kier alpha value is -1.42. The molecule has 3 nitrogen and oxygen atoms in total. The van der Waals surface area contributed by atoms with Crippen molar-refractivity contribution in [3.05, 3.63) is 29.8 Å². The van der Waals surface area contributed by atoms with Crippen molar-refractivity contribution < 1.29 is 36.0 Å². The maximum atomic E-state index is 12.8. The van der Waals surface area contributed by atoms with Gasteiger partial charge in [-0.2, -0.15) is 22.0 Å². The normalized spacial score (nSPS) is 12.9. The lowest BCUT2D eigenvalue weighted by atomic mass is 10.2. The van der Waals surface area contributed by atoms with Crippen LogP contribution in [-0.4, -0.2) is 31.5 Å². The number of hydrogen-bond acceptors (Lipinski definition) is 4. The Bertz CT molecular complexity index is 593. The number of rotatable bonds is 4. The van der Waals surface area contributed by atoms with Gasteiger partial charge >= 0.3 is 18.1 Å². The predicted molar refractivity (Wildman–Crippen MR) is 77.1 cm³/mol. The van der Waals surface area contributed by atoms with E-state index < -0.39 is 31.5 Å². The van der Waals surface area contributed by atoms with Crippen LogP contribution in [0.5, 0.6) is 0 Å². The van der Waals surface area contributed by atoms with Crippen LogP contribution in [0.25, 0.3) is 0 Å². The molecule has 10 heteroatoms. The highest BCUT2D eigenvalue weighted by atomic mass is 32.2. The summed E-state index contributed by atoms with van der Waals surface area (Å²) < 4.78 is 67.1. The van der Waals surface area contributed by atoms with Gasteiger partial charge in [0.1, 0.15) is 0 Å². The van der Waals surface area contributed by atoms with Gasteiger partial charge in [0.15, 0.2) is 0 Å². The quantitative estimate of drug-likeness (QED) is 0.444. The fourth-order valence-corrected chi connectivity index (χ4v) is 2.69. The summed E-state index contributed by atoms with van der Waals surface area (Å²) in [5.74, 6) is -6.06. The van der Waals surface area contributed by atoms with Crippen LogP contribution in [0.3, 0.4) is 0 Å². The van der Waals surface area contributed by atoms with E-state index in [9.17, 15) is 31.5 Å². The van der Waals surface area contributed by atoms with Crippen LogP contribution in [0.2, 0.25) is 19.6 Å². The van der Waals surface area contributed by atoms with Crippen LogP contribution in [0, 0.1) is 0 Å². The van der Waals surface area contributed by atoms with Crippen molar-refractivity contribution in [2.75, 3.05) is 0 Å². The van der Waals surface area contributed by atoms with Crippen molar-refractivity contribution in [2.45, 2.75) is 36.6 Å². The third-order valence-electron chi connectivity index (χ3n) is 2.31. The average molecular weight is 372 g/mol. The number of carbonyl (C=O) groups excluding carboxylic acids is 2. The summed E-state index contributed by atoms with van der Waals surface area (Å²) in [5.41, 5.74) is 0.117. The molecule has 0 aromatic heterocycles. The molecule has 0 heterocycles. The second kappa shape index (κ2) is 6.60. The van der Waals surface area contributed by atoms with E-state index in [-0.39, 0.29) is 22.2 Å². The molecule has 0 amide bonds. The Balaban J connectivity index is 2.83. The summed E-state index contributed by atoms with van der Waals surface area (Å²) in [5, 5.41) is -2.33. The molecule has 1 rings (SSSR count). The smallest absolute Gasteiger partial charge is 0.462 e. The van der Waals surface area contributed by atoms with Gasteiger partial charge in [-0.15, -0.1) is 0 Å². The number of carbonyl (C=O) groups is 2. The summed E-state index contributed by atoms with van der Waals surface area (Å²) in [6.45, 7) is 5.35. The first-order valence-corrected chi connectivity index (χ1v) is 10.5. The molecule has 0 aliphatic heterocycles. The monoisotopic (exact) mass is 372 g/mol. The number of alkyl halides is 5. The molecule has 0 aliphatic carbocycles. The van der Waals surface area contributed by atoms with Gasteiger partial charge in [-0.1, -0.05) is 0 Å². The largest absolute Gasteiger partial charge is 0.516 e. The zero-order valence-corrected chi connectivity index (χ0v) is 14.1. The summed E-state index contributed by atoms with van der Waals surface area (Å²) in [7, 11) is -2.12. The SMILES string of the molecule is C[Si](C)(C)OC(=O)c1ccc(SC(=O)C(F)(F)C(F)(F)F)cc1. The lowest BCUT2D eigenvalue weighted by Gasteiger charge is -2.18. The second-order valence-corrected chi connectivity index (χ2v) is 11.0. The molecule has 0 spiro atoms. The highest BCUT2D eigenvalue weighted by Gasteiger charge is 2.63. The molecular weight excluding hydrogens is 359 g/mol. The van der Waals surface area contributed by atoms with E-state index in [1.165, 1.54) is 12.1 Å². The van der Waals surface area contributed by atoms with Crippen LogP contribution in [-0.2, 0) is 9.22 Å². The molecule has 0 unspecified atom stereocenters.